The van der Waals surface area contributed by atoms with E-state index in [2.05, 4.69) is 12.6 Å². The van der Waals surface area contributed by atoms with Crippen molar-refractivity contribution in [2.24, 2.45) is 0 Å². The van der Waals surface area contributed by atoms with Crippen molar-refractivity contribution < 1.29 is 8.42 Å². The van der Waals surface area contributed by atoms with Crippen molar-refractivity contribution in [2.75, 3.05) is 0 Å². The highest BCUT2D eigenvalue weighted by molar-refractivity contribution is 8.13. The van der Waals surface area contributed by atoms with E-state index in [1.54, 1.807) is 12.1 Å². The first kappa shape index (κ1) is 12.5. The van der Waals surface area contributed by atoms with E-state index in [1.807, 2.05) is 24.3 Å². The van der Waals surface area contributed by atoms with Gasteiger partial charge in [0.1, 0.15) is 0 Å². The van der Waals surface area contributed by atoms with Crippen molar-refractivity contribution in [1.82, 2.24) is 0 Å². The summed E-state index contributed by atoms with van der Waals surface area (Å²) >= 11 is 4.35. The van der Waals surface area contributed by atoms with Crippen molar-refractivity contribution in [3.8, 4) is 11.1 Å². The van der Waals surface area contributed by atoms with Gasteiger partial charge in [-0.3, -0.25) is 0 Å². The fraction of sp³-hybridized carbons (Fsp3) is 0. The van der Waals surface area contributed by atoms with E-state index < -0.39 is 9.05 Å². The minimum Gasteiger partial charge on any atom is -0.207 e. The molecule has 88 valence electrons. The largest absolute Gasteiger partial charge is 0.261 e. The molecule has 0 amide bonds. The lowest BCUT2D eigenvalue weighted by molar-refractivity contribution is 0.609. The average Bonchev–Trinajstić information content (AvgIpc) is 2.29. The van der Waals surface area contributed by atoms with Crippen LogP contribution in [0, 0.1) is 0 Å². The molecule has 0 saturated carbocycles. The maximum Gasteiger partial charge on any atom is 0.261 e. The highest BCUT2D eigenvalue weighted by Gasteiger charge is 2.09. The number of halogens is 1. The van der Waals surface area contributed by atoms with Crippen molar-refractivity contribution in [2.45, 2.75) is 9.79 Å². The summed E-state index contributed by atoms with van der Waals surface area (Å²) in [6.07, 6.45) is 0. The molecule has 2 rings (SSSR count). The van der Waals surface area contributed by atoms with Crippen LogP contribution in [0.4, 0.5) is 0 Å². The second-order valence-corrected chi connectivity index (χ2v) is 6.53. The minimum absolute atomic E-state index is 0.0968. The first-order valence-electron chi connectivity index (χ1n) is 4.81. The van der Waals surface area contributed by atoms with Crippen LogP contribution in [0.25, 0.3) is 11.1 Å². The maximum atomic E-state index is 11.1. The van der Waals surface area contributed by atoms with Crippen molar-refractivity contribution in [1.29, 1.82) is 0 Å². The van der Waals surface area contributed by atoms with Gasteiger partial charge in [-0.2, -0.15) is 0 Å². The van der Waals surface area contributed by atoms with Gasteiger partial charge in [0.25, 0.3) is 9.05 Å². The third-order valence-electron chi connectivity index (χ3n) is 2.35. The lowest BCUT2D eigenvalue weighted by atomic mass is 10.1. The van der Waals surface area contributed by atoms with E-state index in [0.717, 1.165) is 16.0 Å². The van der Waals surface area contributed by atoms with Crippen molar-refractivity contribution >= 4 is 32.4 Å². The molecule has 0 aliphatic rings. The Labute approximate surface area is 110 Å². The average molecular weight is 285 g/mol. The van der Waals surface area contributed by atoms with E-state index in [0.29, 0.717) is 0 Å². The summed E-state index contributed by atoms with van der Waals surface area (Å²) < 4.78 is 22.2. The van der Waals surface area contributed by atoms with Crippen molar-refractivity contribution in [3.05, 3.63) is 48.5 Å². The Kier molecular flexibility index (Phi) is 3.47. The Balaban J connectivity index is 2.47. The molecule has 2 aromatic carbocycles. The summed E-state index contributed by atoms with van der Waals surface area (Å²) in [4.78, 5) is 0.938. The van der Waals surface area contributed by atoms with Gasteiger partial charge in [-0.05, 0) is 29.3 Å². The molecule has 2 aromatic rings. The summed E-state index contributed by atoms with van der Waals surface area (Å²) in [5.74, 6) is 0. The zero-order chi connectivity index (χ0) is 12.5. The van der Waals surface area contributed by atoms with E-state index in [9.17, 15) is 8.42 Å². The number of hydrogen-bond acceptors (Lipinski definition) is 3. The first-order valence-corrected chi connectivity index (χ1v) is 7.57. The molecule has 0 radical (unpaired) electrons. The zero-order valence-electron chi connectivity index (χ0n) is 8.67. The summed E-state index contributed by atoms with van der Waals surface area (Å²) in [6.45, 7) is 0. The smallest absolute Gasteiger partial charge is 0.207 e. The number of thiol groups is 1. The molecule has 0 N–H and O–H groups in total. The predicted octanol–water partition coefficient (Wildman–Crippen LogP) is 3.57. The molecule has 0 fully saturated rings. The van der Waals surface area contributed by atoms with Crippen molar-refractivity contribution in [3.63, 3.8) is 0 Å². The lowest BCUT2D eigenvalue weighted by Crippen LogP contribution is -1.90. The Morgan fingerprint density at radius 3 is 2.06 bits per heavy atom. The molecular weight excluding hydrogens is 276 g/mol. The van der Waals surface area contributed by atoms with E-state index in [-0.39, 0.29) is 4.90 Å². The molecule has 17 heavy (non-hydrogen) atoms. The maximum absolute atomic E-state index is 11.1. The van der Waals surface area contributed by atoms with Gasteiger partial charge < -0.3 is 0 Å². The molecule has 0 heterocycles. The number of benzene rings is 2. The Morgan fingerprint density at radius 1 is 0.941 bits per heavy atom. The Morgan fingerprint density at radius 2 is 1.53 bits per heavy atom. The SMILES string of the molecule is O=S(=O)(Cl)c1ccc(-c2ccccc2S)cc1. The van der Waals surface area contributed by atoms with Gasteiger partial charge in [-0.25, -0.2) is 8.42 Å². The molecule has 0 atom stereocenters. The third kappa shape index (κ3) is 2.83. The van der Waals surface area contributed by atoms with Gasteiger partial charge in [0.05, 0.1) is 4.90 Å². The third-order valence-corrected chi connectivity index (χ3v) is 4.11. The van der Waals surface area contributed by atoms with Gasteiger partial charge >= 0.3 is 0 Å². The van der Waals surface area contributed by atoms with Gasteiger partial charge in [0, 0.05) is 15.6 Å². The van der Waals surface area contributed by atoms with Gasteiger partial charge in [-0.15, -0.1) is 12.6 Å². The van der Waals surface area contributed by atoms with Crippen LogP contribution in [0.5, 0.6) is 0 Å². The predicted molar refractivity (Wildman–Crippen MR) is 72.2 cm³/mol. The Bertz CT molecular complexity index is 634. The second-order valence-electron chi connectivity index (χ2n) is 3.48. The molecule has 0 unspecified atom stereocenters. The van der Waals surface area contributed by atoms with Crippen LogP contribution in [-0.2, 0) is 9.05 Å². The fourth-order valence-electron chi connectivity index (χ4n) is 1.51. The monoisotopic (exact) mass is 284 g/mol. The molecule has 0 aliphatic heterocycles. The van der Waals surface area contributed by atoms with E-state index in [4.69, 9.17) is 10.7 Å². The highest BCUT2D eigenvalue weighted by Crippen LogP contribution is 2.27. The molecule has 0 spiro atoms. The molecule has 0 bridgehead atoms. The van der Waals surface area contributed by atoms with E-state index >= 15 is 0 Å². The first-order chi connectivity index (χ1) is 7.98. The summed E-state index contributed by atoms with van der Waals surface area (Å²) in [5.41, 5.74) is 1.86. The molecule has 2 nitrogen and oxygen atoms in total. The van der Waals surface area contributed by atoms with Crippen LogP contribution in [-0.4, -0.2) is 8.42 Å². The lowest BCUT2D eigenvalue weighted by Gasteiger charge is -2.05. The van der Waals surface area contributed by atoms with Crippen LogP contribution in [0.1, 0.15) is 0 Å². The van der Waals surface area contributed by atoms with Crippen LogP contribution < -0.4 is 0 Å². The molecular formula is C12H9ClO2S2. The van der Waals surface area contributed by atoms with Gasteiger partial charge in [0.15, 0.2) is 0 Å². The molecule has 5 heteroatoms. The normalized spacial score (nSPS) is 11.4. The van der Waals surface area contributed by atoms with Gasteiger partial charge in [0.2, 0.25) is 0 Å². The standard InChI is InChI=1S/C12H9ClO2S2/c13-17(14,15)10-7-5-9(6-8-10)11-3-1-2-4-12(11)16/h1-8,16H. The van der Waals surface area contributed by atoms with Crippen LogP contribution in [0.3, 0.4) is 0 Å². The number of rotatable bonds is 2. The number of hydrogen-bond donors (Lipinski definition) is 1. The Hall–Kier alpha value is -0.970. The molecule has 0 aliphatic carbocycles. The van der Waals surface area contributed by atoms with Crippen LogP contribution in [0.2, 0.25) is 0 Å². The fourth-order valence-corrected chi connectivity index (χ4v) is 2.57. The minimum atomic E-state index is -3.66. The topological polar surface area (TPSA) is 34.1 Å². The second kappa shape index (κ2) is 4.72. The zero-order valence-corrected chi connectivity index (χ0v) is 11.1. The van der Waals surface area contributed by atoms with E-state index in [1.165, 1.54) is 12.1 Å². The van der Waals surface area contributed by atoms with Crippen LogP contribution >= 0.6 is 23.3 Å². The summed E-state index contributed by atoms with van der Waals surface area (Å²) in [5, 5.41) is 0. The summed E-state index contributed by atoms with van der Waals surface area (Å²) in [7, 11) is 1.59. The quantitative estimate of drug-likeness (QED) is 0.676. The summed E-state index contributed by atoms with van der Waals surface area (Å²) in [6, 6.07) is 14.0. The van der Waals surface area contributed by atoms with Gasteiger partial charge in [-0.1, -0.05) is 30.3 Å². The highest BCUT2D eigenvalue weighted by atomic mass is 35.7. The molecule has 0 aromatic heterocycles. The molecule has 0 saturated heterocycles. The van der Waals surface area contributed by atoms with Crippen LogP contribution in [0.15, 0.2) is 58.3 Å².